The molecule has 1 aliphatic rings. The number of rotatable bonds is 2. The van der Waals surface area contributed by atoms with E-state index < -0.39 is 0 Å². The van der Waals surface area contributed by atoms with E-state index >= 15 is 0 Å². The Hall–Kier alpha value is -2.40. The van der Waals surface area contributed by atoms with Gasteiger partial charge in [0.2, 0.25) is 0 Å². The number of hydrogen-bond acceptors (Lipinski definition) is 3. The third kappa shape index (κ3) is 2.68. The van der Waals surface area contributed by atoms with Gasteiger partial charge in [-0.25, -0.2) is 9.50 Å². The molecular formula is C19H19ClN4O. The van der Waals surface area contributed by atoms with Gasteiger partial charge in [0.15, 0.2) is 11.3 Å². The number of amides is 1. The summed E-state index contributed by atoms with van der Waals surface area (Å²) in [4.78, 5) is 19.2. The maximum Gasteiger partial charge on any atom is 0.276 e. The molecule has 0 saturated carbocycles. The average molecular weight is 355 g/mol. The minimum absolute atomic E-state index is 0.0700. The van der Waals surface area contributed by atoms with Crippen LogP contribution in [0.3, 0.4) is 0 Å². The Balaban J connectivity index is 1.70. The van der Waals surface area contributed by atoms with Gasteiger partial charge in [-0.05, 0) is 49.4 Å². The lowest BCUT2D eigenvalue weighted by Crippen LogP contribution is -2.31. The van der Waals surface area contributed by atoms with Crippen LogP contribution in [0.25, 0.3) is 5.65 Å². The van der Waals surface area contributed by atoms with Gasteiger partial charge in [0, 0.05) is 18.9 Å². The number of carbonyl (C=O) groups is 1. The monoisotopic (exact) mass is 354 g/mol. The third-order valence-electron chi connectivity index (χ3n) is 4.97. The SMILES string of the molecule is Cc1ccc(C2CCCN2C(=O)c2nn3cccnc3c2Cl)cc1C. The fourth-order valence-corrected chi connectivity index (χ4v) is 3.71. The zero-order chi connectivity index (χ0) is 17.6. The van der Waals surface area contributed by atoms with E-state index in [1.807, 2.05) is 4.90 Å². The summed E-state index contributed by atoms with van der Waals surface area (Å²) in [6.07, 6.45) is 5.32. The molecule has 1 unspecified atom stereocenters. The molecule has 0 spiro atoms. The molecule has 0 aliphatic carbocycles. The molecule has 6 heteroatoms. The number of benzene rings is 1. The van der Waals surface area contributed by atoms with Crippen molar-refractivity contribution in [1.29, 1.82) is 0 Å². The van der Waals surface area contributed by atoms with Gasteiger partial charge >= 0.3 is 0 Å². The van der Waals surface area contributed by atoms with Crippen molar-refractivity contribution in [3.63, 3.8) is 0 Å². The Morgan fingerprint density at radius 1 is 1.28 bits per heavy atom. The molecular weight excluding hydrogens is 336 g/mol. The number of carbonyl (C=O) groups excluding carboxylic acids is 1. The van der Waals surface area contributed by atoms with Gasteiger partial charge in [0.1, 0.15) is 5.02 Å². The van der Waals surface area contributed by atoms with Crippen LogP contribution in [0.1, 0.15) is 46.1 Å². The van der Waals surface area contributed by atoms with Crippen LogP contribution in [-0.2, 0) is 0 Å². The summed E-state index contributed by atoms with van der Waals surface area (Å²) >= 11 is 6.38. The van der Waals surface area contributed by atoms with Gasteiger partial charge < -0.3 is 4.90 Å². The molecule has 128 valence electrons. The summed E-state index contributed by atoms with van der Waals surface area (Å²) in [5, 5.41) is 4.66. The van der Waals surface area contributed by atoms with Crippen molar-refractivity contribution < 1.29 is 4.79 Å². The van der Waals surface area contributed by atoms with Gasteiger partial charge in [-0.15, -0.1) is 0 Å². The highest BCUT2D eigenvalue weighted by Gasteiger charge is 2.33. The summed E-state index contributed by atoms with van der Waals surface area (Å²) in [6.45, 7) is 4.92. The number of halogens is 1. The standard InChI is InChI=1S/C19H19ClN4O/c1-12-6-7-14(11-13(12)2)15-5-3-9-23(15)19(25)17-16(20)18-21-8-4-10-24(18)22-17/h4,6-8,10-11,15H,3,5,9H2,1-2H3. The summed E-state index contributed by atoms with van der Waals surface area (Å²) in [5.74, 6) is -0.128. The Bertz CT molecular complexity index is 965. The maximum absolute atomic E-state index is 13.1. The van der Waals surface area contributed by atoms with Gasteiger partial charge in [0.05, 0.1) is 6.04 Å². The summed E-state index contributed by atoms with van der Waals surface area (Å²) in [5.41, 5.74) is 4.46. The molecule has 3 aromatic rings. The summed E-state index contributed by atoms with van der Waals surface area (Å²) < 4.78 is 1.55. The molecule has 0 bridgehead atoms. The van der Waals surface area contributed by atoms with E-state index in [2.05, 4.69) is 42.1 Å². The lowest BCUT2D eigenvalue weighted by Gasteiger charge is -2.25. The molecule has 3 heterocycles. The van der Waals surface area contributed by atoms with Crippen molar-refractivity contribution in [3.8, 4) is 0 Å². The second-order valence-corrected chi connectivity index (χ2v) is 6.93. The molecule has 1 aliphatic heterocycles. The lowest BCUT2D eigenvalue weighted by molar-refractivity contribution is 0.0729. The Morgan fingerprint density at radius 3 is 2.88 bits per heavy atom. The highest BCUT2D eigenvalue weighted by atomic mass is 35.5. The van der Waals surface area contributed by atoms with Gasteiger partial charge in [-0.1, -0.05) is 29.8 Å². The zero-order valence-corrected chi connectivity index (χ0v) is 15.0. The number of aryl methyl sites for hydroxylation is 2. The van der Waals surface area contributed by atoms with Crippen molar-refractivity contribution >= 4 is 23.2 Å². The topological polar surface area (TPSA) is 50.5 Å². The minimum atomic E-state index is -0.128. The van der Waals surface area contributed by atoms with E-state index in [0.717, 1.165) is 12.8 Å². The van der Waals surface area contributed by atoms with Gasteiger partial charge in [-0.3, -0.25) is 4.79 Å². The van der Waals surface area contributed by atoms with Crippen LogP contribution >= 0.6 is 11.6 Å². The minimum Gasteiger partial charge on any atom is -0.330 e. The molecule has 5 nitrogen and oxygen atoms in total. The van der Waals surface area contributed by atoms with E-state index in [1.165, 1.54) is 16.7 Å². The fourth-order valence-electron chi connectivity index (χ4n) is 3.46. The Labute approximate surface area is 151 Å². The average Bonchev–Trinajstić information content (AvgIpc) is 3.22. The normalized spacial score (nSPS) is 17.4. The first kappa shape index (κ1) is 16.1. The molecule has 1 amide bonds. The van der Waals surface area contributed by atoms with E-state index in [4.69, 9.17) is 11.6 Å². The molecule has 0 radical (unpaired) electrons. The number of nitrogens with zero attached hydrogens (tertiary/aromatic N) is 4. The molecule has 4 rings (SSSR count). The highest BCUT2D eigenvalue weighted by Crippen LogP contribution is 2.35. The Kier molecular flexibility index (Phi) is 3.96. The molecule has 1 aromatic carbocycles. The molecule has 2 aromatic heterocycles. The highest BCUT2D eigenvalue weighted by molar-refractivity contribution is 6.36. The predicted octanol–water partition coefficient (Wildman–Crippen LogP) is 3.98. The molecule has 1 saturated heterocycles. The van der Waals surface area contributed by atoms with E-state index in [-0.39, 0.29) is 17.6 Å². The lowest BCUT2D eigenvalue weighted by atomic mass is 9.99. The van der Waals surface area contributed by atoms with Crippen molar-refractivity contribution in [2.75, 3.05) is 6.54 Å². The fraction of sp³-hybridized carbons (Fsp3) is 0.316. The molecule has 1 atom stereocenters. The summed E-state index contributed by atoms with van der Waals surface area (Å²) in [6, 6.07) is 8.25. The van der Waals surface area contributed by atoms with Crippen LogP contribution in [0.15, 0.2) is 36.7 Å². The second kappa shape index (κ2) is 6.15. The van der Waals surface area contributed by atoms with Crippen LogP contribution in [0.2, 0.25) is 5.02 Å². The smallest absolute Gasteiger partial charge is 0.276 e. The first-order chi connectivity index (χ1) is 12.1. The van der Waals surface area contributed by atoms with E-state index in [1.54, 1.807) is 23.0 Å². The largest absolute Gasteiger partial charge is 0.330 e. The molecule has 25 heavy (non-hydrogen) atoms. The quantitative estimate of drug-likeness (QED) is 0.699. The number of aromatic nitrogens is 3. The van der Waals surface area contributed by atoms with Crippen LogP contribution in [0, 0.1) is 13.8 Å². The second-order valence-electron chi connectivity index (χ2n) is 6.55. The van der Waals surface area contributed by atoms with Crippen LogP contribution in [0.5, 0.6) is 0 Å². The first-order valence-electron chi connectivity index (χ1n) is 8.43. The zero-order valence-electron chi connectivity index (χ0n) is 14.2. The van der Waals surface area contributed by atoms with Crippen molar-refractivity contribution in [2.24, 2.45) is 0 Å². The van der Waals surface area contributed by atoms with Crippen molar-refractivity contribution in [3.05, 3.63) is 64.1 Å². The molecule has 1 fully saturated rings. The van der Waals surface area contributed by atoms with Crippen LogP contribution < -0.4 is 0 Å². The van der Waals surface area contributed by atoms with Crippen LogP contribution in [-0.4, -0.2) is 31.9 Å². The summed E-state index contributed by atoms with van der Waals surface area (Å²) in [7, 11) is 0. The maximum atomic E-state index is 13.1. The number of hydrogen-bond donors (Lipinski definition) is 0. The number of fused-ring (bicyclic) bond motifs is 1. The Morgan fingerprint density at radius 2 is 2.12 bits per heavy atom. The third-order valence-corrected chi connectivity index (χ3v) is 5.32. The van der Waals surface area contributed by atoms with E-state index in [9.17, 15) is 4.79 Å². The van der Waals surface area contributed by atoms with Crippen molar-refractivity contribution in [2.45, 2.75) is 32.7 Å². The first-order valence-corrected chi connectivity index (χ1v) is 8.81. The predicted molar refractivity (Wildman–Crippen MR) is 96.9 cm³/mol. The van der Waals surface area contributed by atoms with Crippen LogP contribution in [0.4, 0.5) is 0 Å². The molecule has 0 N–H and O–H groups in total. The van der Waals surface area contributed by atoms with Gasteiger partial charge in [0.25, 0.3) is 5.91 Å². The van der Waals surface area contributed by atoms with Gasteiger partial charge in [-0.2, -0.15) is 5.10 Å². The van der Waals surface area contributed by atoms with E-state index in [0.29, 0.717) is 17.2 Å². The van der Waals surface area contributed by atoms with Crippen molar-refractivity contribution in [1.82, 2.24) is 19.5 Å². The number of likely N-dealkylation sites (tertiary alicyclic amines) is 1.